The van der Waals surface area contributed by atoms with Gasteiger partial charge in [0.2, 0.25) is 5.95 Å². The lowest BCUT2D eigenvalue weighted by atomic mass is 10.3. The van der Waals surface area contributed by atoms with Crippen LogP contribution in [0.15, 0.2) is 24.4 Å². The molecule has 3 rings (SSSR count). The van der Waals surface area contributed by atoms with E-state index in [-0.39, 0.29) is 5.95 Å². The zero-order valence-electron chi connectivity index (χ0n) is 11.0. The van der Waals surface area contributed by atoms with Gasteiger partial charge in [0.25, 0.3) is 0 Å². The summed E-state index contributed by atoms with van der Waals surface area (Å²) in [6.45, 7) is 0. The van der Waals surface area contributed by atoms with Gasteiger partial charge < -0.3 is 10.1 Å². The Morgan fingerprint density at radius 3 is 2.90 bits per heavy atom. The molecule has 0 aliphatic rings. The standard InChI is InChI=1S/C12H12ClN7O/c1-21-9-3-2-6(4-8(9)13)16-10-7-5-15-20-11(7)18-12(17-10)19-14/h2-5H,14H2,1H3,(H3,15,16,17,18,19,20). The number of hydrogen-bond acceptors (Lipinski definition) is 7. The number of ether oxygens (including phenoxy) is 1. The van der Waals surface area contributed by atoms with Crippen molar-refractivity contribution in [2.45, 2.75) is 0 Å². The molecule has 108 valence electrons. The highest BCUT2D eigenvalue weighted by atomic mass is 35.5. The van der Waals surface area contributed by atoms with Gasteiger partial charge in [-0.1, -0.05) is 11.6 Å². The van der Waals surface area contributed by atoms with E-state index in [1.165, 1.54) is 0 Å². The van der Waals surface area contributed by atoms with Gasteiger partial charge in [-0.15, -0.1) is 0 Å². The Bertz CT molecular complexity index is 788. The molecule has 9 heteroatoms. The SMILES string of the molecule is COc1ccc(Nc2nc(NN)nc3[nH]ncc23)cc1Cl. The molecule has 0 aliphatic carbocycles. The van der Waals surface area contributed by atoms with Crippen LogP contribution in [-0.2, 0) is 0 Å². The van der Waals surface area contributed by atoms with E-state index in [2.05, 4.69) is 30.9 Å². The molecule has 0 bridgehead atoms. The van der Waals surface area contributed by atoms with Crippen molar-refractivity contribution in [1.29, 1.82) is 0 Å². The van der Waals surface area contributed by atoms with Gasteiger partial charge in [0.1, 0.15) is 11.6 Å². The van der Waals surface area contributed by atoms with Gasteiger partial charge in [-0.2, -0.15) is 15.1 Å². The van der Waals surface area contributed by atoms with E-state index in [9.17, 15) is 0 Å². The van der Waals surface area contributed by atoms with Crippen molar-refractivity contribution in [3.8, 4) is 5.75 Å². The molecule has 1 aromatic carbocycles. The van der Waals surface area contributed by atoms with Crippen molar-refractivity contribution in [3.63, 3.8) is 0 Å². The number of nitrogens with zero attached hydrogens (tertiary/aromatic N) is 3. The number of nitrogens with one attached hydrogen (secondary N) is 3. The molecular formula is C12H12ClN7O. The van der Waals surface area contributed by atoms with E-state index >= 15 is 0 Å². The van der Waals surface area contributed by atoms with Gasteiger partial charge in [0.05, 0.1) is 23.7 Å². The molecular weight excluding hydrogens is 294 g/mol. The Kier molecular flexibility index (Phi) is 3.46. The summed E-state index contributed by atoms with van der Waals surface area (Å²) in [6.07, 6.45) is 1.63. The maximum atomic E-state index is 6.10. The summed E-state index contributed by atoms with van der Waals surface area (Å²) in [6, 6.07) is 5.33. The van der Waals surface area contributed by atoms with Crippen LogP contribution in [0.25, 0.3) is 11.0 Å². The molecule has 0 saturated carbocycles. The molecule has 0 unspecified atom stereocenters. The van der Waals surface area contributed by atoms with Crippen LogP contribution in [0.5, 0.6) is 5.75 Å². The Labute approximate surface area is 124 Å². The lowest BCUT2D eigenvalue weighted by Crippen LogP contribution is -2.11. The molecule has 3 aromatic rings. The number of aromatic amines is 1. The lowest BCUT2D eigenvalue weighted by Gasteiger charge is -2.10. The summed E-state index contributed by atoms with van der Waals surface area (Å²) < 4.78 is 5.12. The number of H-pyrrole nitrogens is 1. The molecule has 0 atom stereocenters. The fraction of sp³-hybridized carbons (Fsp3) is 0.0833. The first-order valence-electron chi connectivity index (χ1n) is 5.99. The maximum Gasteiger partial charge on any atom is 0.241 e. The summed E-state index contributed by atoms with van der Waals surface area (Å²) in [5.74, 6) is 6.79. The minimum atomic E-state index is 0.272. The van der Waals surface area contributed by atoms with Gasteiger partial charge >= 0.3 is 0 Å². The number of methoxy groups -OCH3 is 1. The third-order valence-corrected chi connectivity index (χ3v) is 3.15. The molecule has 0 fully saturated rings. The predicted molar refractivity (Wildman–Crippen MR) is 80.8 cm³/mol. The molecule has 0 aliphatic heterocycles. The van der Waals surface area contributed by atoms with Crippen LogP contribution in [0.4, 0.5) is 17.5 Å². The van der Waals surface area contributed by atoms with Crippen molar-refractivity contribution in [3.05, 3.63) is 29.4 Å². The maximum absolute atomic E-state index is 6.10. The second kappa shape index (κ2) is 5.43. The van der Waals surface area contributed by atoms with Crippen molar-refractivity contribution in [2.75, 3.05) is 17.9 Å². The van der Waals surface area contributed by atoms with E-state index < -0.39 is 0 Å². The summed E-state index contributed by atoms with van der Waals surface area (Å²) in [5.41, 5.74) is 3.73. The third kappa shape index (κ3) is 2.54. The van der Waals surface area contributed by atoms with Gasteiger partial charge in [0.15, 0.2) is 5.65 Å². The Balaban J connectivity index is 2.01. The molecule has 0 amide bonds. The number of nitrogen functional groups attached to an aromatic ring is 1. The third-order valence-electron chi connectivity index (χ3n) is 2.85. The zero-order valence-corrected chi connectivity index (χ0v) is 11.8. The van der Waals surface area contributed by atoms with Crippen molar-refractivity contribution in [1.82, 2.24) is 20.2 Å². The monoisotopic (exact) mass is 305 g/mol. The Hall–Kier alpha value is -2.58. The average molecular weight is 306 g/mol. The number of aromatic nitrogens is 4. The molecule has 2 aromatic heterocycles. The second-order valence-corrected chi connectivity index (χ2v) is 4.55. The van der Waals surface area contributed by atoms with E-state index in [1.54, 1.807) is 25.4 Å². The topological polar surface area (TPSA) is 114 Å². The quantitative estimate of drug-likeness (QED) is 0.431. The van der Waals surface area contributed by atoms with Crippen LogP contribution in [0.3, 0.4) is 0 Å². The molecule has 21 heavy (non-hydrogen) atoms. The van der Waals surface area contributed by atoms with Crippen molar-refractivity contribution in [2.24, 2.45) is 5.84 Å². The average Bonchev–Trinajstić information content (AvgIpc) is 2.96. The van der Waals surface area contributed by atoms with Crippen LogP contribution in [-0.4, -0.2) is 27.3 Å². The molecule has 0 radical (unpaired) electrons. The Morgan fingerprint density at radius 2 is 2.19 bits per heavy atom. The number of benzene rings is 1. The van der Waals surface area contributed by atoms with Crippen molar-refractivity contribution < 1.29 is 4.74 Å². The first-order chi connectivity index (χ1) is 10.2. The minimum absolute atomic E-state index is 0.272. The fourth-order valence-electron chi connectivity index (χ4n) is 1.88. The fourth-order valence-corrected chi connectivity index (χ4v) is 2.13. The van der Waals surface area contributed by atoms with Gasteiger partial charge in [0, 0.05) is 5.69 Å². The first-order valence-corrected chi connectivity index (χ1v) is 6.37. The van der Waals surface area contributed by atoms with Crippen molar-refractivity contribution >= 4 is 40.1 Å². The lowest BCUT2D eigenvalue weighted by molar-refractivity contribution is 0.415. The summed E-state index contributed by atoms with van der Waals surface area (Å²) in [5, 5.41) is 11.1. The number of rotatable bonds is 4. The van der Waals surface area contributed by atoms with Gasteiger partial charge in [-0.25, -0.2) is 5.84 Å². The Morgan fingerprint density at radius 1 is 1.33 bits per heavy atom. The first kappa shape index (κ1) is 13.4. The minimum Gasteiger partial charge on any atom is -0.495 e. The van der Waals surface area contributed by atoms with Crippen LogP contribution in [0, 0.1) is 0 Å². The molecule has 0 spiro atoms. The highest BCUT2D eigenvalue weighted by molar-refractivity contribution is 6.32. The molecule has 5 N–H and O–H groups in total. The van der Waals surface area contributed by atoms with Crippen LogP contribution >= 0.6 is 11.6 Å². The number of nitrogens with two attached hydrogens (primary N) is 1. The number of hydrazine groups is 1. The number of fused-ring (bicyclic) bond motifs is 1. The number of halogens is 1. The van der Waals surface area contributed by atoms with Gasteiger partial charge in [-0.3, -0.25) is 10.5 Å². The normalized spacial score (nSPS) is 10.6. The highest BCUT2D eigenvalue weighted by Crippen LogP contribution is 2.30. The molecule has 0 saturated heterocycles. The predicted octanol–water partition coefficient (Wildman–Crippen LogP) is 2.04. The molecule has 8 nitrogen and oxygen atoms in total. The van der Waals surface area contributed by atoms with Crippen LogP contribution in [0.2, 0.25) is 5.02 Å². The van der Waals surface area contributed by atoms with E-state index in [4.69, 9.17) is 22.2 Å². The van der Waals surface area contributed by atoms with E-state index in [0.717, 1.165) is 11.1 Å². The van der Waals surface area contributed by atoms with E-state index in [1.807, 2.05) is 6.07 Å². The number of anilines is 3. The zero-order chi connectivity index (χ0) is 14.8. The van der Waals surface area contributed by atoms with E-state index in [0.29, 0.717) is 22.2 Å². The summed E-state index contributed by atoms with van der Waals surface area (Å²) >= 11 is 6.10. The van der Waals surface area contributed by atoms with Gasteiger partial charge in [-0.05, 0) is 18.2 Å². The van der Waals surface area contributed by atoms with Crippen LogP contribution < -0.4 is 21.3 Å². The largest absolute Gasteiger partial charge is 0.495 e. The summed E-state index contributed by atoms with van der Waals surface area (Å²) in [4.78, 5) is 8.42. The second-order valence-electron chi connectivity index (χ2n) is 4.15. The van der Waals surface area contributed by atoms with Crippen LogP contribution in [0.1, 0.15) is 0 Å². The highest BCUT2D eigenvalue weighted by Gasteiger charge is 2.10. The number of hydrogen-bond donors (Lipinski definition) is 4. The smallest absolute Gasteiger partial charge is 0.241 e. The molecule has 2 heterocycles. The summed E-state index contributed by atoms with van der Waals surface area (Å²) in [7, 11) is 1.56.